The molecule has 0 saturated heterocycles. The minimum absolute atomic E-state index is 0.172. The molecule has 2 N–H and O–H groups in total. The van der Waals surface area contributed by atoms with Gasteiger partial charge in [0.2, 0.25) is 5.91 Å². The van der Waals surface area contributed by atoms with E-state index in [9.17, 15) is 14.4 Å². The van der Waals surface area contributed by atoms with Crippen molar-refractivity contribution in [3.05, 3.63) is 100 Å². The summed E-state index contributed by atoms with van der Waals surface area (Å²) in [6, 6.07) is 22.7. The number of ether oxygens (including phenoxy) is 1. The number of amides is 2. The molecule has 2 amide bonds. The van der Waals surface area contributed by atoms with Gasteiger partial charge in [-0.1, -0.05) is 42.5 Å². The third-order valence-electron chi connectivity index (χ3n) is 4.47. The van der Waals surface area contributed by atoms with E-state index in [0.29, 0.717) is 39.9 Å². The van der Waals surface area contributed by atoms with Gasteiger partial charge in [0.1, 0.15) is 5.75 Å². The van der Waals surface area contributed by atoms with Crippen molar-refractivity contribution < 1.29 is 19.1 Å². The van der Waals surface area contributed by atoms with Gasteiger partial charge in [-0.15, -0.1) is 0 Å². The second-order valence-corrected chi connectivity index (χ2v) is 7.81. The van der Waals surface area contributed by atoms with Gasteiger partial charge in [0, 0.05) is 23.0 Å². The van der Waals surface area contributed by atoms with Crippen molar-refractivity contribution in [2.45, 2.75) is 12.8 Å². The largest absolute Gasteiger partial charge is 0.423 e. The number of hydrogen-bond donors (Lipinski definition) is 2. The molecule has 0 unspecified atom stereocenters. The number of halogens is 1. The topological polar surface area (TPSA) is 96.9 Å². The molecule has 0 radical (unpaired) electrons. The fourth-order valence-corrected chi connectivity index (χ4v) is 3.27. The lowest BCUT2D eigenvalue weighted by Crippen LogP contribution is -2.26. The van der Waals surface area contributed by atoms with Crippen LogP contribution in [0.5, 0.6) is 5.75 Å². The van der Waals surface area contributed by atoms with Gasteiger partial charge in [-0.25, -0.2) is 10.2 Å². The summed E-state index contributed by atoms with van der Waals surface area (Å²) < 4.78 is 6.06. The van der Waals surface area contributed by atoms with Crippen molar-refractivity contribution in [1.82, 2.24) is 10.7 Å². The first-order chi connectivity index (χ1) is 16.0. The molecule has 8 heteroatoms. The van der Waals surface area contributed by atoms with Crippen molar-refractivity contribution in [1.29, 1.82) is 0 Å². The molecule has 0 aliphatic carbocycles. The van der Waals surface area contributed by atoms with E-state index in [1.54, 1.807) is 66.7 Å². The van der Waals surface area contributed by atoms with E-state index in [2.05, 4.69) is 31.8 Å². The number of hydrazone groups is 1. The molecule has 0 aliphatic heterocycles. The number of benzene rings is 3. The zero-order valence-electron chi connectivity index (χ0n) is 17.7. The third-order valence-corrected chi connectivity index (χ3v) is 5.16. The van der Waals surface area contributed by atoms with Gasteiger partial charge in [0.05, 0.1) is 11.8 Å². The Labute approximate surface area is 200 Å². The van der Waals surface area contributed by atoms with Gasteiger partial charge >= 0.3 is 5.97 Å². The van der Waals surface area contributed by atoms with Crippen LogP contribution in [-0.2, 0) is 4.79 Å². The first-order valence-corrected chi connectivity index (χ1v) is 11.0. The molecule has 0 spiro atoms. The smallest absolute Gasteiger partial charge is 0.344 e. The minimum Gasteiger partial charge on any atom is -0.423 e. The van der Waals surface area contributed by atoms with E-state index < -0.39 is 5.97 Å². The highest BCUT2D eigenvalue weighted by Crippen LogP contribution is 2.19. The normalized spacial score (nSPS) is 10.6. The summed E-state index contributed by atoms with van der Waals surface area (Å²) >= 11 is 3.33. The van der Waals surface area contributed by atoms with Crippen molar-refractivity contribution in [3.63, 3.8) is 0 Å². The highest BCUT2D eigenvalue weighted by molar-refractivity contribution is 9.10. The fraction of sp³-hybridized carbons (Fsp3) is 0.120. The maximum Gasteiger partial charge on any atom is 0.344 e. The summed E-state index contributed by atoms with van der Waals surface area (Å²) in [7, 11) is 0. The molecular formula is C25H22BrN3O4. The number of esters is 1. The Morgan fingerprint density at radius 1 is 0.939 bits per heavy atom. The molecule has 0 aliphatic rings. The maximum atomic E-state index is 12.3. The monoisotopic (exact) mass is 507 g/mol. The highest BCUT2D eigenvalue weighted by Gasteiger charge is 2.12. The molecular weight excluding hydrogens is 486 g/mol. The van der Waals surface area contributed by atoms with Crippen molar-refractivity contribution in [2.75, 3.05) is 6.54 Å². The van der Waals surface area contributed by atoms with Crippen LogP contribution in [0.25, 0.3) is 0 Å². The molecule has 0 bridgehead atoms. The average Bonchev–Trinajstić information content (AvgIpc) is 2.83. The van der Waals surface area contributed by atoms with E-state index in [0.717, 1.165) is 0 Å². The molecule has 33 heavy (non-hydrogen) atoms. The number of nitrogens with zero attached hydrogens (tertiary/aromatic N) is 1. The van der Waals surface area contributed by atoms with Gasteiger partial charge in [-0.05, 0) is 64.3 Å². The predicted octanol–water partition coefficient (Wildman–Crippen LogP) is 4.33. The summed E-state index contributed by atoms with van der Waals surface area (Å²) in [5.74, 6) is -0.560. The second-order valence-electron chi connectivity index (χ2n) is 6.96. The molecule has 0 fully saturated rings. The van der Waals surface area contributed by atoms with Crippen LogP contribution in [0.1, 0.15) is 39.1 Å². The Hall–Kier alpha value is -3.78. The van der Waals surface area contributed by atoms with Crippen LogP contribution in [0.3, 0.4) is 0 Å². The van der Waals surface area contributed by atoms with Gasteiger partial charge in [0.15, 0.2) is 0 Å². The van der Waals surface area contributed by atoms with E-state index in [-0.39, 0.29) is 18.2 Å². The van der Waals surface area contributed by atoms with Gasteiger partial charge in [-0.3, -0.25) is 9.59 Å². The van der Waals surface area contributed by atoms with Crippen LogP contribution in [0.2, 0.25) is 0 Å². The molecule has 3 aromatic rings. The quantitative estimate of drug-likeness (QED) is 0.148. The summed E-state index contributed by atoms with van der Waals surface area (Å²) in [6.45, 7) is 0.385. The van der Waals surface area contributed by atoms with E-state index in [1.807, 2.05) is 12.1 Å². The van der Waals surface area contributed by atoms with Crippen LogP contribution < -0.4 is 15.5 Å². The molecule has 0 heterocycles. The Morgan fingerprint density at radius 3 is 2.48 bits per heavy atom. The van der Waals surface area contributed by atoms with Crippen molar-refractivity contribution in [3.8, 4) is 5.75 Å². The number of carbonyl (C=O) groups excluding carboxylic acids is 3. The first-order valence-electron chi connectivity index (χ1n) is 10.2. The lowest BCUT2D eigenvalue weighted by molar-refractivity contribution is -0.121. The van der Waals surface area contributed by atoms with Crippen LogP contribution in [-0.4, -0.2) is 30.5 Å². The van der Waals surface area contributed by atoms with Crippen molar-refractivity contribution in [2.24, 2.45) is 5.10 Å². The Bertz CT molecular complexity index is 1150. The summed E-state index contributed by atoms with van der Waals surface area (Å²) in [4.78, 5) is 36.2. The highest BCUT2D eigenvalue weighted by atomic mass is 79.9. The number of hydrogen-bond acceptors (Lipinski definition) is 5. The number of carbonyl (C=O) groups is 3. The second kappa shape index (κ2) is 12.3. The summed E-state index contributed by atoms with van der Waals surface area (Å²) in [5.41, 5.74) is 4.10. The molecule has 3 rings (SSSR count). The third kappa shape index (κ3) is 7.69. The Balaban J connectivity index is 1.41. The Morgan fingerprint density at radius 2 is 1.70 bits per heavy atom. The average molecular weight is 508 g/mol. The molecule has 3 aromatic carbocycles. The molecule has 0 aromatic heterocycles. The summed E-state index contributed by atoms with van der Waals surface area (Å²) in [5, 5.41) is 6.71. The van der Waals surface area contributed by atoms with Crippen LogP contribution in [0, 0.1) is 0 Å². The fourth-order valence-electron chi connectivity index (χ4n) is 2.82. The standard InChI is InChI=1S/C25H22BrN3O4/c26-22-13-5-4-12-21(22)25(32)33-20-11-6-8-18(16-20)17-28-29-23(30)14-7-15-27-24(31)19-9-2-1-3-10-19/h1-6,8-13,16-17H,7,14-15H2,(H,27,31)(H,29,30). The van der Waals surface area contributed by atoms with E-state index in [1.165, 1.54) is 6.21 Å². The SMILES string of the molecule is O=C(CCCNC(=O)c1ccccc1)NN=Cc1cccc(OC(=O)c2ccccc2Br)c1. The molecule has 7 nitrogen and oxygen atoms in total. The van der Waals surface area contributed by atoms with Crippen LogP contribution in [0.15, 0.2) is 88.4 Å². The number of rotatable bonds is 9. The van der Waals surface area contributed by atoms with Gasteiger partial charge in [0.25, 0.3) is 5.91 Å². The van der Waals surface area contributed by atoms with Gasteiger partial charge in [-0.2, -0.15) is 5.10 Å². The first kappa shape index (κ1) is 23.9. The lowest BCUT2D eigenvalue weighted by Gasteiger charge is -2.06. The lowest BCUT2D eigenvalue weighted by atomic mass is 10.2. The number of nitrogens with one attached hydrogen (secondary N) is 2. The zero-order valence-corrected chi connectivity index (χ0v) is 19.2. The predicted molar refractivity (Wildman–Crippen MR) is 129 cm³/mol. The van der Waals surface area contributed by atoms with Crippen molar-refractivity contribution >= 4 is 39.9 Å². The van der Waals surface area contributed by atoms with Crippen LogP contribution in [0.4, 0.5) is 0 Å². The maximum absolute atomic E-state index is 12.3. The molecule has 168 valence electrons. The molecule has 0 saturated carbocycles. The van der Waals surface area contributed by atoms with Gasteiger partial charge < -0.3 is 10.1 Å². The van der Waals surface area contributed by atoms with E-state index in [4.69, 9.17) is 4.74 Å². The minimum atomic E-state index is -0.482. The molecule has 0 atom stereocenters. The zero-order chi connectivity index (χ0) is 23.5. The van der Waals surface area contributed by atoms with E-state index >= 15 is 0 Å². The summed E-state index contributed by atoms with van der Waals surface area (Å²) in [6.07, 6.45) is 2.17. The van der Waals surface area contributed by atoms with Crippen LogP contribution >= 0.6 is 15.9 Å². The Kier molecular flexibility index (Phi) is 8.90.